The minimum atomic E-state index is 0.277. The summed E-state index contributed by atoms with van der Waals surface area (Å²) in [6.45, 7) is 5.21. The number of hydrogen-bond acceptors (Lipinski definition) is 1. The first kappa shape index (κ1) is 17.0. The van der Waals surface area contributed by atoms with Gasteiger partial charge in [-0.1, -0.05) is 55.5 Å². The number of alkyl halides is 1. The lowest BCUT2D eigenvalue weighted by Crippen LogP contribution is -2.36. The van der Waals surface area contributed by atoms with Crippen molar-refractivity contribution in [3.8, 4) is 0 Å². The third-order valence-corrected chi connectivity index (χ3v) is 5.06. The Hall–Kier alpha value is -0.0500. The molecule has 112 valence electrons. The van der Waals surface area contributed by atoms with Gasteiger partial charge in [0.25, 0.3) is 0 Å². The Kier molecular flexibility index (Phi) is 8.76. The summed E-state index contributed by atoms with van der Waals surface area (Å²) in [7, 11) is 0. The number of halogens is 1. The molecule has 0 aromatic heterocycles. The fourth-order valence-corrected chi connectivity index (χ4v) is 3.60. The highest BCUT2D eigenvalue weighted by Crippen LogP contribution is 2.31. The SMILES string of the molecule is CCCCC1CCC(C(=O)NCC(Br)CCC)CC1. The molecule has 0 aromatic rings. The van der Waals surface area contributed by atoms with E-state index >= 15 is 0 Å². The van der Waals surface area contributed by atoms with E-state index in [4.69, 9.17) is 0 Å². The Morgan fingerprint density at radius 2 is 1.89 bits per heavy atom. The van der Waals surface area contributed by atoms with Crippen LogP contribution in [0.2, 0.25) is 0 Å². The molecule has 0 saturated heterocycles. The summed E-state index contributed by atoms with van der Waals surface area (Å²) >= 11 is 3.61. The first-order valence-corrected chi connectivity index (χ1v) is 9.00. The van der Waals surface area contributed by atoms with E-state index in [1.807, 2.05) is 0 Å². The lowest BCUT2D eigenvalue weighted by atomic mass is 9.79. The molecule has 0 spiro atoms. The molecule has 1 aliphatic carbocycles. The van der Waals surface area contributed by atoms with Gasteiger partial charge in [0.1, 0.15) is 0 Å². The molecule has 3 heteroatoms. The molecule has 1 saturated carbocycles. The molecule has 0 heterocycles. The quantitative estimate of drug-likeness (QED) is 0.643. The molecule has 1 unspecified atom stereocenters. The molecule has 0 radical (unpaired) electrons. The number of hydrogen-bond donors (Lipinski definition) is 1. The topological polar surface area (TPSA) is 29.1 Å². The molecule has 0 aliphatic heterocycles. The summed E-state index contributed by atoms with van der Waals surface area (Å²) in [5.41, 5.74) is 0. The zero-order valence-electron chi connectivity index (χ0n) is 12.6. The maximum atomic E-state index is 12.1. The van der Waals surface area contributed by atoms with Crippen molar-refractivity contribution in [1.82, 2.24) is 5.32 Å². The first-order chi connectivity index (χ1) is 9.17. The van der Waals surface area contributed by atoms with Gasteiger partial charge in [-0.3, -0.25) is 4.79 Å². The Morgan fingerprint density at radius 3 is 2.47 bits per heavy atom. The van der Waals surface area contributed by atoms with Crippen LogP contribution >= 0.6 is 15.9 Å². The van der Waals surface area contributed by atoms with Crippen LogP contribution in [0.1, 0.15) is 71.6 Å². The van der Waals surface area contributed by atoms with E-state index in [1.54, 1.807) is 0 Å². The average Bonchev–Trinajstić information content (AvgIpc) is 2.43. The average molecular weight is 332 g/mol. The van der Waals surface area contributed by atoms with Crippen LogP contribution < -0.4 is 5.32 Å². The fraction of sp³-hybridized carbons (Fsp3) is 0.938. The minimum Gasteiger partial charge on any atom is -0.355 e. The smallest absolute Gasteiger partial charge is 0.223 e. The van der Waals surface area contributed by atoms with Gasteiger partial charge in [-0.15, -0.1) is 0 Å². The lowest BCUT2D eigenvalue weighted by molar-refractivity contribution is -0.126. The van der Waals surface area contributed by atoms with Crippen LogP contribution in [0.25, 0.3) is 0 Å². The Morgan fingerprint density at radius 1 is 1.21 bits per heavy atom. The fourth-order valence-electron chi connectivity index (χ4n) is 2.98. The number of amides is 1. The van der Waals surface area contributed by atoms with Crippen molar-refractivity contribution >= 4 is 21.8 Å². The molecule has 19 heavy (non-hydrogen) atoms. The third-order valence-electron chi connectivity index (χ3n) is 4.28. The van der Waals surface area contributed by atoms with Crippen molar-refractivity contribution in [3.63, 3.8) is 0 Å². The zero-order chi connectivity index (χ0) is 14.1. The van der Waals surface area contributed by atoms with Crippen molar-refractivity contribution in [1.29, 1.82) is 0 Å². The van der Waals surface area contributed by atoms with Gasteiger partial charge in [-0.2, -0.15) is 0 Å². The molecule has 2 nitrogen and oxygen atoms in total. The summed E-state index contributed by atoms with van der Waals surface area (Å²) in [4.78, 5) is 12.5. The van der Waals surface area contributed by atoms with Crippen LogP contribution in [-0.4, -0.2) is 17.3 Å². The third kappa shape index (κ3) is 6.78. The van der Waals surface area contributed by atoms with E-state index in [0.717, 1.165) is 38.1 Å². The molecule has 0 aromatic carbocycles. The van der Waals surface area contributed by atoms with Gasteiger partial charge in [0.2, 0.25) is 5.91 Å². The first-order valence-electron chi connectivity index (χ1n) is 8.09. The van der Waals surface area contributed by atoms with Crippen LogP contribution in [0, 0.1) is 11.8 Å². The van der Waals surface area contributed by atoms with Crippen molar-refractivity contribution in [3.05, 3.63) is 0 Å². The molecule has 1 amide bonds. The Labute approximate surface area is 127 Å². The molecule has 0 bridgehead atoms. The van der Waals surface area contributed by atoms with E-state index in [1.165, 1.54) is 32.1 Å². The highest BCUT2D eigenvalue weighted by atomic mass is 79.9. The molecular formula is C16H30BrNO. The predicted octanol–water partition coefficient (Wildman–Crippen LogP) is 4.66. The van der Waals surface area contributed by atoms with Crippen LogP contribution in [0.4, 0.5) is 0 Å². The standard InChI is InChI=1S/C16H30BrNO/c1-3-5-7-13-8-10-14(11-9-13)16(19)18-12-15(17)6-4-2/h13-15H,3-12H2,1-2H3,(H,18,19). The molecule has 1 fully saturated rings. The maximum absolute atomic E-state index is 12.1. The normalized spacial score (nSPS) is 25.0. The number of carbonyl (C=O) groups is 1. The van der Waals surface area contributed by atoms with E-state index < -0.39 is 0 Å². The second-order valence-corrected chi connectivity index (χ2v) is 7.29. The molecule has 1 atom stereocenters. The highest BCUT2D eigenvalue weighted by molar-refractivity contribution is 9.09. The molecule has 1 rings (SSSR count). The Bertz CT molecular complexity index is 249. The van der Waals surface area contributed by atoms with Gasteiger partial charge in [-0.05, 0) is 38.0 Å². The summed E-state index contributed by atoms with van der Waals surface area (Å²) in [5.74, 6) is 1.45. The van der Waals surface area contributed by atoms with Crippen LogP contribution in [0.3, 0.4) is 0 Å². The van der Waals surface area contributed by atoms with Crippen LogP contribution in [-0.2, 0) is 4.79 Å². The van der Waals surface area contributed by atoms with Crippen molar-refractivity contribution in [2.24, 2.45) is 11.8 Å². The van der Waals surface area contributed by atoms with Gasteiger partial charge in [0, 0.05) is 17.3 Å². The summed E-state index contributed by atoms with van der Waals surface area (Å²) in [6.07, 6.45) is 11.0. The number of nitrogens with one attached hydrogen (secondary N) is 1. The van der Waals surface area contributed by atoms with Crippen LogP contribution in [0.15, 0.2) is 0 Å². The van der Waals surface area contributed by atoms with Crippen molar-refractivity contribution in [2.75, 3.05) is 6.54 Å². The number of unbranched alkanes of at least 4 members (excludes halogenated alkanes) is 1. The van der Waals surface area contributed by atoms with Gasteiger partial charge >= 0.3 is 0 Å². The van der Waals surface area contributed by atoms with Gasteiger partial charge in [0.15, 0.2) is 0 Å². The Balaban J connectivity index is 2.17. The minimum absolute atomic E-state index is 0.277. The number of carbonyl (C=O) groups excluding carboxylic acids is 1. The van der Waals surface area contributed by atoms with Crippen LogP contribution in [0.5, 0.6) is 0 Å². The lowest BCUT2D eigenvalue weighted by Gasteiger charge is -2.28. The van der Waals surface area contributed by atoms with E-state index in [9.17, 15) is 4.79 Å². The maximum Gasteiger partial charge on any atom is 0.223 e. The van der Waals surface area contributed by atoms with Gasteiger partial charge in [-0.25, -0.2) is 0 Å². The van der Waals surface area contributed by atoms with Crippen molar-refractivity contribution < 1.29 is 4.79 Å². The largest absolute Gasteiger partial charge is 0.355 e. The second kappa shape index (κ2) is 9.79. The summed E-state index contributed by atoms with van der Waals surface area (Å²) in [6, 6.07) is 0. The highest BCUT2D eigenvalue weighted by Gasteiger charge is 2.25. The second-order valence-electron chi connectivity index (χ2n) is 5.99. The van der Waals surface area contributed by atoms with Gasteiger partial charge in [0.05, 0.1) is 0 Å². The predicted molar refractivity (Wildman–Crippen MR) is 85.6 cm³/mol. The summed E-state index contributed by atoms with van der Waals surface area (Å²) in [5, 5.41) is 3.11. The molecular weight excluding hydrogens is 302 g/mol. The van der Waals surface area contributed by atoms with E-state index in [2.05, 4.69) is 35.1 Å². The van der Waals surface area contributed by atoms with E-state index in [0.29, 0.717) is 4.83 Å². The van der Waals surface area contributed by atoms with E-state index in [-0.39, 0.29) is 11.8 Å². The monoisotopic (exact) mass is 331 g/mol. The summed E-state index contributed by atoms with van der Waals surface area (Å²) < 4.78 is 0. The van der Waals surface area contributed by atoms with Gasteiger partial charge < -0.3 is 5.32 Å². The van der Waals surface area contributed by atoms with Crippen molar-refractivity contribution in [2.45, 2.75) is 76.5 Å². The molecule has 1 N–H and O–H groups in total. The zero-order valence-corrected chi connectivity index (χ0v) is 14.2. The number of rotatable bonds is 8. The molecule has 1 aliphatic rings.